The fourth-order valence-electron chi connectivity index (χ4n) is 3.42. The molecule has 1 aliphatic carbocycles. The van der Waals surface area contributed by atoms with Crippen LogP contribution in [0.25, 0.3) is 5.69 Å². The molecular weight excluding hydrogens is 312 g/mol. The molecule has 0 unspecified atom stereocenters. The average molecular weight is 334 g/mol. The number of benzene rings is 1. The van der Waals surface area contributed by atoms with Crippen molar-refractivity contribution in [3.63, 3.8) is 0 Å². The van der Waals surface area contributed by atoms with Gasteiger partial charge in [0.15, 0.2) is 0 Å². The number of aromatic nitrogens is 4. The Morgan fingerprint density at radius 3 is 2.84 bits per heavy atom. The van der Waals surface area contributed by atoms with Crippen molar-refractivity contribution in [2.24, 2.45) is 0 Å². The summed E-state index contributed by atoms with van der Waals surface area (Å²) in [7, 11) is 0. The van der Waals surface area contributed by atoms with E-state index in [1.54, 1.807) is 6.07 Å². The molecule has 0 spiro atoms. The molecule has 1 aromatic carbocycles. The molecule has 0 aliphatic heterocycles. The minimum Gasteiger partial charge on any atom is -0.384 e. The van der Waals surface area contributed by atoms with Crippen LogP contribution in [0.4, 0.5) is 11.6 Å². The van der Waals surface area contributed by atoms with E-state index in [2.05, 4.69) is 57.1 Å². The fourth-order valence-corrected chi connectivity index (χ4v) is 3.42. The molecule has 2 heterocycles. The third-order valence-corrected chi connectivity index (χ3v) is 4.93. The number of anilines is 2. The SMILES string of the molecule is Cc1ccc(-n2ncc3c2CCC[C@@H]3Nc2cc(N)ncn2)cc1C. The van der Waals surface area contributed by atoms with E-state index < -0.39 is 0 Å². The van der Waals surface area contributed by atoms with Gasteiger partial charge in [-0.05, 0) is 56.4 Å². The van der Waals surface area contributed by atoms with Crippen LogP contribution in [-0.4, -0.2) is 19.7 Å². The van der Waals surface area contributed by atoms with Crippen molar-refractivity contribution in [2.75, 3.05) is 11.1 Å². The maximum Gasteiger partial charge on any atom is 0.131 e. The van der Waals surface area contributed by atoms with Gasteiger partial charge in [-0.2, -0.15) is 5.10 Å². The van der Waals surface area contributed by atoms with Crippen LogP contribution in [0, 0.1) is 13.8 Å². The van der Waals surface area contributed by atoms with Crippen molar-refractivity contribution in [2.45, 2.75) is 39.2 Å². The summed E-state index contributed by atoms with van der Waals surface area (Å²) in [6, 6.07) is 8.45. The highest BCUT2D eigenvalue weighted by Crippen LogP contribution is 2.33. The minimum absolute atomic E-state index is 0.193. The Balaban J connectivity index is 1.67. The number of nitrogens with two attached hydrogens (primary N) is 1. The van der Waals surface area contributed by atoms with Crippen molar-refractivity contribution in [1.29, 1.82) is 0 Å². The summed E-state index contributed by atoms with van der Waals surface area (Å²) < 4.78 is 2.07. The normalized spacial score (nSPS) is 16.5. The zero-order chi connectivity index (χ0) is 17.4. The quantitative estimate of drug-likeness (QED) is 0.767. The van der Waals surface area contributed by atoms with Crippen LogP contribution in [0.2, 0.25) is 0 Å². The number of rotatable bonds is 3. The Kier molecular flexibility index (Phi) is 3.87. The summed E-state index contributed by atoms with van der Waals surface area (Å²) >= 11 is 0. The Bertz CT molecular complexity index is 914. The van der Waals surface area contributed by atoms with Gasteiger partial charge in [0.25, 0.3) is 0 Å². The highest BCUT2D eigenvalue weighted by atomic mass is 15.3. The van der Waals surface area contributed by atoms with E-state index in [0.29, 0.717) is 5.82 Å². The highest BCUT2D eigenvalue weighted by Gasteiger charge is 2.25. The second kappa shape index (κ2) is 6.20. The first-order valence-electron chi connectivity index (χ1n) is 8.60. The monoisotopic (exact) mass is 334 g/mol. The van der Waals surface area contributed by atoms with Crippen molar-refractivity contribution in [3.8, 4) is 5.69 Å². The predicted molar refractivity (Wildman–Crippen MR) is 98.8 cm³/mol. The number of nitrogens with one attached hydrogen (secondary N) is 1. The zero-order valence-electron chi connectivity index (χ0n) is 14.5. The van der Waals surface area contributed by atoms with Gasteiger partial charge in [-0.25, -0.2) is 14.6 Å². The Labute approximate surface area is 147 Å². The predicted octanol–water partition coefficient (Wildman–Crippen LogP) is 3.35. The second-order valence-electron chi connectivity index (χ2n) is 6.64. The van der Waals surface area contributed by atoms with Gasteiger partial charge in [0.1, 0.15) is 18.0 Å². The van der Waals surface area contributed by atoms with Crippen LogP contribution in [0.5, 0.6) is 0 Å². The van der Waals surface area contributed by atoms with Crippen molar-refractivity contribution in [1.82, 2.24) is 19.7 Å². The van der Waals surface area contributed by atoms with Gasteiger partial charge in [-0.1, -0.05) is 6.07 Å². The van der Waals surface area contributed by atoms with Gasteiger partial charge in [-0.3, -0.25) is 0 Å². The Morgan fingerprint density at radius 2 is 2.04 bits per heavy atom. The largest absolute Gasteiger partial charge is 0.384 e. The lowest BCUT2D eigenvalue weighted by Gasteiger charge is -2.24. The summed E-state index contributed by atoms with van der Waals surface area (Å²) in [6.07, 6.45) is 6.66. The van der Waals surface area contributed by atoms with Crippen LogP contribution in [-0.2, 0) is 6.42 Å². The van der Waals surface area contributed by atoms with Crippen LogP contribution >= 0.6 is 0 Å². The maximum atomic E-state index is 5.76. The molecule has 2 aromatic heterocycles. The van der Waals surface area contributed by atoms with Crippen LogP contribution in [0.15, 0.2) is 36.8 Å². The van der Waals surface area contributed by atoms with E-state index in [-0.39, 0.29) is 6.04 Å². The van der Waals surface area contributed by atoms with E-state index in [4.69, 9.17) is 5.73 Å². The van der Waals surface area contributed by atoms with Crippen molar-refractivity contribution < 1.29 is 0 Å². The van der Waals surface area contributed by atoms with Gasteiger partial charge < -0.3 is 11.1 Å². The summed E-state index contributed by atoms with van der Waals surface area (Å²) in [5.74, 6) is 1.23. The van der Waals surface area contributed by atoms with E-state index in [9.17, 15) is 0 Å². The molecule has 0 saturated carbocycles. The molecule has 128 valence electrons. The van der Waals surface area contributed by atoms with Crippen molar-refractivity contribution in [3.05, 3.63) is 59.2 Å². The first kappa shape index (κ1) is 15.6. The average Bonchev–Trinajstić information content (AvgIpc) is 3.03. The molecule has 0 amide bonds. The summed E-state index contributed by atoms with van der Waals surface area (Å²) in [6.45, 7) is 4.27. The Morgan fingerprint density at radius 1 is 1.16 bits per heavy atom. The molecule has 1 atom stereocenters. The summed E-state index contributed by atoms with van der Waals surface area (Å²) in [5.41, 5.74) is 12.0. The van der Waals surface area contributed by atoms with E-state index >= 15 is 0 Å². The first-order valence-corrected chi connectivity index (χ1v) is 8.60. The van der Waals surface area contributed by atoms with Gasteiger partial charge in [0.05, 0.1) is 17.9 Å². The van der Waals surface area contributed by atoms with Crippen LogP contribution in [0.1, 0.15) is 41.3 Å². The highest BCUT2D eigenvalue weighted by molar-refractivity contribution is 5.47. The molecule has 0 fully saturated rings. The molecule has 1 aliphatic rings. The summed E-state index contributed by atoms with van der Waals surface area (Å²) in [5, 5.41) is 8.15. The minimum atomic E-state index is 0.193. The van der Waals surface area contributed by atoms with Crippen LogP contribution in [0.3, 0.4) is 0 Å². The molecule has 0 bridgehead atoms. The number of nitrogens with zero attached hydrogens (tertiary/aromatic N) is 4. The first-order chi connectivity index (χ1) is 12.1. The second-order valence-corrected chi connectivity index (χ2v) is 6.64. The number of fused-ring (bicyclic) bond motifs is 1. The Hall–Kier alpha value is -2.89. The maximum absolute atomic E-state index is 5.76. The number of aryl methyl sites for hydroxylation is 2. The number of hydrogen-bond acceptors (Lipinski definition) is 5. The number of hydrogen-bond donors (Lipinski definition) is 2. The molecule has 4 rings (SSSR count). The van der Waals surface area contributed by atoms with Gasteiger partial charge in [0, 0.05) is 17.3 Å². The van der Waals surface area contributed by atoms with E-state index in [1.807, 2.05) is 6.20 Å². The smallest absolute Gasteiger partial charge is 0.131 e. The van der Waals surface area contributed by atoms with Crippen LogP contribution < -0.4 is 11.1 Å². The molecule has 6 heteroatoms. The topological polar surface area (TPSA) is 81.7 Å². The third kappa shape index (κ3) is 2.95. The third-order valence-electron chi connectivity index (χ3n) is 4.93. The van der Waals surface area contributed by atoms with Gasteiger partial charge >= 0.3 is 0 Å². The van der Waals surface area contributed by atoms with Crippen molar-refractivity contribution >= 4 is 11.6 Å². The fraction of sp³-hybridized carbons (Fsp3) is 0.316. The van der Waals surface area contributed by atoms with Gasteiger partial charge in [0.2, 0.25) is 0 Å². The molecule has 0 radical (unpaired) electrons. The van der Waals surface area contributed by atoms with E-state index in [1.165, 1.54) is 28.7 Å². The lowest BCUT2D eigenvalue weighted by atomic mass is 9.93. The molecule has 6 nitrogen and oxygen atoms in total. The lowest BCUT2D eigenvalue weighted by Crippen LogP contribution is -2.18. The molecule has 25 heavy (non-hydrogen) atoms. The molecular formula is C19H22N6. The van der Waals surface area contributed by atoms with Gasteiger partial charge in [-0.15, -0.1) is 0 Å². The summed E-state index contributed by atoms with van der Waals surface area (Å²) in [4.78, 5) is 8.21. The standard InChI is InChI=1S/C19H22N6/c1-12-6-7-14(8-13(12)2)25-17-5-3-4-16(15(17)10-23-25)24-19-9-18(20)21-11-22-19/h6-11,16H,3-5H2,1-2H3,(H3,20,21,22,24)/t16-/m0/s1. The molecule has 3 N–H and O–H groups in total. The lowest BCUT2D eigenvalue weighted by molar-refractivity contribution is 0.582. The molecule has 3 aromatic rings. The van der Waals surface area contributed by atoms with E-state index in [0.717, 1.165) is 30.8 Å². The zero-order valence-corrected chi connectivity index (χ0v) is 14.5. The molecule has 0 saturated heterocycles. The number of nitrogen functional groups attached to an aromatic ring is 1.